The number of hydrogen-bond donors (Lipinski definition) is 1. The van der Waals surface area contributed by atoms with Crippen molar-refractivity contribution in [1.29, 1.82) is 0 Å². The molecule has 6 nitrogen and oxygen atoms in total. The number of aliphatic hydroxyl groups excluding tert-OH is 1. The van der Waals surface area contributed by atoms with Gasteiger partial charge in [-0.15, -0.1) is 0 Å². The van der Waals surface area contributed by atoms with Crippen LogP contribution in [-0.4, -0.2) is 40.1 Å². The number of benzene rings is 1. The lowest BCUT2D eigenvalue weighted by atomic mass is 10.2. The third-order valence-corrected chi connectivity index (χ3v) is 4.72. The fourth-order valence-electron chi connectivity index (χ4n) is 2.42. The van der Waals surface area contributed by atoms with Crippen LogP contribution in [0.3, 0.4) is 0 Å². The minimum Gasteiger partial charge on any atom is -0.496 e. The largest absolute Gasteiger partial charge is 0.496 e. The number of aliphatic hydroxyl groups is 1. The molecule has 0 aliphatic rings. The molecular weight excluding hydrogens is 340 g/mol. The summed E-state index contributed by atoms with van der Waals surface area (Å²) in [5.41, 5.74) is 1.77. The van der Waals surface area contributed by atoms with Crippen LogP contribution >= 0.6 is 11.8 Å². The van der Waals surface area contributed by atoms with Gasteiger partial charge in [-0.25, -0.2) is 4.98 Å². The Morgan fingerprint density at radius 3 is 2.88 bits per heavy atom. The summed E-state index contributed by atoms with van der Waals surface area (Å²) >= 11 is 1.57. The molecule has 2 rings (SSSR count). The molecule has 1 heterocycles. The zero-order chi connectivity index (χ0) is 18.1. The van der Waals surface area contributed by atoms with Crippen LogP contribution in [0, 0.1) is 0 Å². The molecule has 0 saturated heterocycles. The second-order valence-electron chi connectivity index (χ2n) is 5.35. The van der Waals surface area contributed by atoms with Crippen LogP contribution in [0.1, 0.15) is 31.0 Å². The fourth-order valence-corrected chi connectivity index (χ4v) is 3.36. The highest BCUT2D eigenvalue weighted by Gasteiger charge is 2.13. The van der Waals surface area contributed by atoms with Gasteiger partial charge in [0.2, 0.25) is 0 Å². The molecule has 1 N–H and O–H groups in total. The number of rotatable bonds is 10. The molecule has 0 spiro atoms. The number of para-hydroxylation sites is 1. The molecule has 0 saturated carbocycles. The van der Waals surface area contributed by atoms with E-state index < -0.39 is 0 Å². The van der Waals surface area contributed by atoms with Crippen LogP contribution in [0.2, 0.25) is 0 Å². The van der Waals surface area contributed by atoms with Gasteiger partial charge in [-0.1, -0.05) is 30.0 Å². The number of imidazole rings is 1. The quantitative estimate of drug-likeness (QED) is 0.397. The average molecular weight is 364 g/mol. The van der Waals surface area contributed by atoms with E-state index in [2.05, 4.69) is 4.98 Å². The van der Waals surface area contributed by atoms with Gasteiger partial charge in [0.25, 0.3) is 0 Å². The Morgan fingerprint density at radius 1 is 1.36 bits per heavy atom. The predicted octanol–water partition coefficient (Wildman–Crippen LogP) is 2.87. The van der Waals surface area contributed by atoms with Gasteiger partial charge in [0.15, 0.2) is 5.16 Å². The van der Waals surface area contributed by atoms with Crippen LogP contribution in [0.4, 0.5) is 0 Å². The zero-order valence-electron chi connectivity index (χ0n) is 14.6. The minimum absolute atomic E-state index is 0.0778. The number of ether oxygens (including phenoxy) is 2. The molecule has 1 aromatic carbocycles. The first-order valence-corrected chi connectivity index (χ1v) is 9.23. The normalized spacial score (nSPS) is 10.7. The number of esters is 1. The molecule has 0 amide bonds. The number of aromatic nitrogens is 2. The number of thioether (sulfide) groups is 1. The molecule has 0 aliphatic heterocycles. The lowest BCUT2D eigenvalue weighted by molar-refractivity contribution is -0.143. The molecule has 0 atom stereocenters. The van der Waals surface area contributed by atoms with Crippen molar-refractivity contribution in [3.05, 3.63) is 41.7 Å². The molecule has 0 unspecified atom stereocenters. The van der Waals surface area contributed by atoms with Crippen molar-refractivity contribution in [2.45, 2.75) is 38.1 Å². The SMILES string of the molecule is CCOC(=O)CCCSc1ncc(CO)n1Cc1ccccc1OC. The minimum atomic E-state index is -0.170. The van der Waals surface area contributed by atoms with Crippen molar-refractivity contribution in [2.24, 2.45) is 0 Å². The van der Waals surface area contributed by atoms with Gasteiger partial charge in [-0.2, -0.15) is 0 Å². The second kappa shape index (κ2) is 10.1. The lowest BCUT2D eigenvalue weighted by Gasteiger charge is -2.13. The van der Waals surface area contributed by atoms with Crippen molar-refractivity contribution >= 4 is 17.7 Å². The maximum atomic E-state index is 11.4. The van der Waals surface area contributed by atoms with E-state index >= 15 is 0 Å². The van der Waals surface area contributed by atoms with E-state index in [0.29, 0.717) is 19.6 Å². The second-order valence-corrected chi connectivity index (χ2v) is 6.41. The van der Waals surface area contributed by atoms with Crippen LogP contribution < -0.4 is 4.74 Å². The van der Waals surface area contributed by atoms with E-state index in [1.165, 1.54) is 0 Å². The van der Waals surface area contributed by atoms with Gasteiger partial charge in [-0.3, -0.25) is 4.79 Å². The predicted molar refractivity (Wildman–Crippen MR) is 96.8 cm³/mol. The molecule has 2 aromatic rings. The van der Waals surface area contributed by atoms with Gasteiger partial charge in [0, 0.05) is 17.7 Å². The standard InChI is InChI=1S/C18H24N2O4S/c1-3-24-17(22)9-6-10-25-18-19-11-15(13-21)20(18)12-14-7-4-5-8-16(14)23-2/h4-5,7-8,11,21H,3,6,9-10,12-13H2,1-2H3. The van der Waals surface area contributed by atoms with E-state index in [9.17, 15) is 9.90 Å². The van der Waals surface area contributed by atoms with E-state index in [1.54, 1.807) is 32.0 Å². The van der Waals surface area contributed by atoms with Crippen molar-refractivity contribution in [3.63, 3.8) is 0 Å². The summed E-state index contributed by atoms with van der Waals surface area (Å²) in [6, 6.07) is 7.79. The molecule has 136 valence electrons. The highest BCUT2D eigenvalue weighted by Crippen LogP contribution is 2.25. The van der Waals surface area contributed by atoms with Gasteiger partial charge in [0.1, 0.15) is 5.75 Å². The number of nitrogens with zero attached hydrogens (tertiary/aromatic N) is 2. The summed E-state index contributed by atoms with van der Waals surface area (Å²) in [7, 11) is 1.64. The van der Waals surface area contributed by atoms with E-state index in [1.807, 2.05) is 28.8 Å². The number of methoxy groups -OCH3 is 1. The Kier molecular flexibility index (Phi) is 7.81. The van der Waals surface area contributed by atoms with Crippen LogP contribution in [0.15, 0.2) is 35.6 Å². The molecule has 1 aromatic heterocycles. The Morgan fingerprint density at radius 2 is 2.16 bits per heavy atom. The Bertz CT molecular complexity index is 687. The monoisotopic (exact) mass is 364 g/mol. The van der Waals surface area contributed by atoms with Crippen LogP contribution in [0.5, 0.6) is 5.75 Å². The molecule has 0 radical (unpaired) electrons. The Balaban J connectivity index is 2.03. The zero-order valence-corrected chi connectivity index (χ0v) is 15.4. The molecule has 7 heteroatoms. The van der Waals surface area contributed by atoms with Crippen LogP contribution in [-0.2, 0) is 22.7 Å². The summed E-state index contributed by atoms with van der Waals surface area (Å²) in [6.45, 7) is 2.71. The first-order chi connectivity index (χ1) is 12.2. The van der Waals surface area contributed by atoms with Crippen molar-refractivity contribution < 1.29 is 19.4 Å². The van der Waals surface area contributed by atoms with Gasteiger partial charge < -0.3 is 19.1 Å². The smallest absolute Gasteiger partial charge is 0.305 e. The first-order valence-electron chi connectivity index (χ1n) is 8.25. The molecule has 0 aliphatic carbocycles. The van der Waals surface area contributed by atoms with Crippen molar-refractivity contribution in [1.82, 2.24) is 9.55 Å². The van der Waals surface area contributed by atoms with Crippen LogP contribution in [0.25, 0.3) is 0 Å². The summed E-state index contributed by atoms with van der Waals surface area (Å²) in [6.07, 6.45) is 2.81. The fraction of sp³-hybridized carbons (Fsp3) is 0.444. The summed E-state index contributed by atoms with van der Waals surface area (Å²) in [5, 5.41) is 10.4. The molecular formula is C18H24N2O4S. The van der Waals surface area contributed by atoms with E-state index in [0.717, 1.165) is 34.3 Å². The molecule has 0 fully saturated rings. The van der Waals surface area contributed by atoms with Gasteiger partial charge in [0.05, 0.1) is 38.8 Å². The van der Waals surface area contributed by atoms with Crippen molar-refractivity contribution in [2.75, 3.05) is 19.5 Å². The summed E-state index contributed by atoms with van der Waals surface area (Å²) < 4.78 is 12.3. The molecule has 0 bridgehead atoms. The third kappa shape index (κ3) is 5.51. The van der Waals surface area contributed by atoms with Gasteiger partial charge >= 0.3 is 5.97 Å². The number of hydrogen-bond acceptors (Lipinski definition) is 6. The van der Waals surface area contributed by atoms with Crippen molar-refractivity contribution in [3.8, 4) is 5.75 Å². The summed E-state index contributed by atoms with van der Waals surface area (Å²) in [4.78, 5) is 15.8. The number of carbonyl (C=O) groups excluding carboxylic acids is 1. The maximum absolute atomic E-state index is 11.4. The highest BCUT2D eigenvalue weighted by atomic mass is 32.2. The Hall–Kier alpha value is -1.99. The average Bonchev–Trinajstić information content (AvgIpc) is 3.01. The van der Waals surface area contributed by atoms with Gasteiger partial charge in [-0.05, 0) is 19.4 Å². The third-order valence-electron chi connectivity index (χ3n) is 3.65. The Labute approximate surface area is 152 Å². The topological polar surface area (TPSA) is 73.6 Å². The number of carbonyl (C=O) groups is 1. The highest BCUT2D eigenvalue weighted by molar-refractivity contribution is 7.99. The summed E-state index contributed by atoms with van der Waals surface area (Å²) in [5.74, 6) is 1.39. The van der Waals surface area contributed by atoms with E-state index in [4.69, 9.17) is 9.47 Å². The van der Waals surface area contributed by atoms with E-state index in [-0.39, 0.29) is 12.6 Å². The lowest BCUT2D eigenvalue weighted by Crippen LogP contribution is -2.08. The maximum Gasteiger partial charge on any atom is 0.305 e. The first kappa shape index (κ1) is 19.3. The molecule has 25 heavy (non-hydrogen) atoms.